The standard InChI is InChI=1S/C26H31BrClN3O4S/c1-4-11-29(3)23(33)19-20-24(34)31(13-6-14-32)22(26(20)15-18(27)21(19)36-26)25(35)30(12-5-2)17-9-7-16(28)8-10-17/h4-5,7-10,18-22,32H,1-2,6,11-15H2,3H3/t18?,19-,20+,21-,22?,26?/m1/s1. The van der Waals surface area contributed by atoms with Gasteiger partial charge in [0.2, 0.25) is 11.8 Å². The molecule has 194 valence electrons. The van der Waals surface area contributed by atoms with E-state index in [4.69, 9.17) is 11.6 Å². The number of rotatable bonds is 10. The van der Waals surface area contributed by atoms with Crippen LogP contribution in [0.5, 0.6) is 0 Å². The number of halogens is 2. The predicted molar refractivity (Wildman–Crippen MR) is 147 cm³/mol. The van der Waals surface area contributed by atoms with Crippen LogP contribution in [0.4, 0.5) is 5.69 Å². The van der Waals surface area contributed by atoms with E-state index in [0.29, 0.717) is 30.1 Å². The maximum absolute atomic E-state index is 14.3. The Morgan fingerprint density at radius 3 is 2.53 bits per heavy atom. The molecule has 0 radical (unpaired) electrons. The molecule has 10 heteroatoms. The molecule has 1 spiro atoms. The van der Waals surface area contributed by atoms with E-state index in [1.165, 1.54) is 0 Å². The summed E-state index contributed by atoms with van der Waals surface area (Å²) in [4.78, 5) is 46.7. The predicted octanol–water partition coefficient (Wildman–Crippen LogP) is 3.35. The van der Waals surface area contributed by atoms with Gasteiger partial charge in [-0.05, 0) is 37.1 Å². The van der Waals surface area contributed by atoms with Crippen molar-refractivity contribution in [1.82, 2.24) is 9.80 Å². The van der Waals surface area contributed by atoms with Crippen LogP contribution in [0.15, 0.2) is 49.6 Å². The Labute approximate surface area is 229 Å². The lowest BCUT2D eigenvalue weighted by molar-refractivity contribution is -0.143. The fourth-order valence-electron chi connectivity index (χ4n) is 5.93. The van der Waals surface area contributed by atoms with Crippen LogP contribution in [0.3, 0.4) is 0 Å². The number of likely N-dealkylation sites (tertiary alicyclic amines) is 1. The van der Waals surface area contributed by atoms with Gasteiger partial charge in [-0.2, -0.15) is 0 Å². The van der Waals surface area contributed by atoms with Crippen LogP contribution in [-0.4, -0.2) is 86.8 Å². The first-order chi connectivity index (χ1) is 17.2. The zero-order valence-electron chi connectivity index (χ0n) is 20.2. The molecule has 2 bridgehead atoms. The average molecular weight is 597 g/mol. The number of fused-ring (bicyclic) bond motifs is 1. The lowest BCUT2D eigenvalue weighted by atomic mass is 9.70. The molecule has 3 unspecified atom stereocenters. The lowest BCUT2D eigenvalue weighted by Crippen LogP contribution is -2.56. The normalized spacial score (nSPS) is 30.3. The molecule has 3 fully saturated rings. The Bertz CT molecular complexity index is 1060. The summed E-state index contributed by atoms with van der Waals surface area (Å²) in [5, 5.41) is 9.98. The number of likely N-dealkylation sites (N-methyl/N-ethyl adjacent to an activating group) is 1. The Kier molecular flexibility index (Phi) is 8.24. The smallest absolute Gasteiger partial charge is 0.251 e. The molecular weight excluding hydrogens is 566 g/mol. The monoisotopic (exact) mass is 595 g/mol. The topological polar surface area (TPSA) is 81.2 Å². The van der Waals surface area contributed by atoms with Crippen molar-refractivity contribution in [2.24, 2.45) is 11.8 Å². The van der Waals surface area contributed by atoms with Crippen LogP contribution in [-0.2, 0) is 14.4 Å². The van der Waals surface area contributed by atoms with Crippen molar-refractivity contribution in [2.45, 2.75) is 33.7 Å². The number of alkyl halides is 1. The van der Waals surface area contributed by atoms with Crippen molar-refractivity contribution < 1.29 is 19.5 Å². The SMILES string of the molecule is C=CCN(C)C(=O)[C@H]1[C@@H]2SC3(CC2Br)C(C(=O)N(CC=C)c2ccc(Cl)cc2)N(CCCO)C(=O)[C@H]13. The number of hydrogen-bond donors (Lipinski definition) is 1. The molecule has 0 aromatic heterocycles. The molecule has 1 aromatic carbocycles. The lowest BCUT2D eigenvalue weighted by Gasteiger charge is -2.38. The average Bonchev–Trinajstić information content (AvgIpc) is 3.44. The Balaban J connectivity index is 1.78. The molecule has 3 aliphatic heterocycles. The minimum atomic E-state index is -0.769. The fourth-order valence-corrected chi connectivity index (χ4v) is 9.66. The number of aliphatic hydroxyl groups is 1. The fraction of sp³-hybridized carbons (Fsp3) is 0.500. The zero-order chi connectivity index (χ0) is 26.2. The van der Waals surface area contributed by atoms with Crippen LogP contribution in [0.1, 0.15) is 12.8 Å². The number of anilines is 1. The maximum Gasteiger partial charge on any atom is 0.251 e. The van der Waals surface area contributed by atoms with Gasteiger partial charge in [-0.3, -0.25) is 14.4 Å². The van der Waals surface area contributed by atoms with Gasteiger partial charge in [0.1, 0.15) is 6.04 Å². The molecule has 1 aromatic rings. The van der Waals surface area contributed by atoms with E-state index in [0.717, 1.165) is 0 Å². The molecule has 6 atom stereocenters. The molecule has 4 rings (SSSR count). The first-order valence-electron chi connectivity index (χ1n) is 12.0. The van der Waals surface area contributed by atoms with Crippen molar-refractivity contribution in [1.29, 1.82) is 0 Å². The van der Waals surface area contributed by atoms with E-state index in [-0.39, 0.29) is 47.5 Å². The van der Waals surface area contributed by atoms with Gasteiger partial charge in [0.15, 0.2) is 0 Å². The van der Waals surface area contributed by atoms with Crippen LogP contribution in [0, 0.1) is 11.8 Å². The Morgan fingerprint density at radius 2 is 1.92 bits per heavy atom. The largest absolute Gasteiger partial charge is 0.396 e. The number of carbonyl (C=O) groups is 3. The highest BCUT2D eigenvalue weighted by molar-refractivity contribution is 9.09. The summed E-state index contributed by atoms with van der Waals surface area (Å²) in [6.45, 7) is 8.35. The summed E-state index contributed by atoms with van der Waals surface area (Å²) in [6.07, 6.45) is 4.26. The maximum atomic E-state index is 14.3. The molecule has 7 nitrogen and oxygen atoms in total. The molecule has 36 heavy (non-hydrogen) atoms. The van der Waals surface area contributed by atoms with E-state index < -0.39 is 22.6 Å². The first-order valence-corrected chi connectivity index (χ1v) is 14.2. The number of thioether (sulfide) groups is 1. The summed E-state index contributed by atoms with van der Waals surface area (Å²) in [7, 11) is 1.72. The molecular formula is C26H31BrClN3O4S. The number of amides is 3. The highest BCUT2D eigenvalue weighted by Gasteiger charge is 2.75. The van der Waals surface area contributed by atoms with Gasteiger partial charge in [0, 0.05) is 54.1 Å². The molecule has 0 aliphatic carbocycles. The number of hydrogen-bond acceptors (Lipinski definition) is 5. The molecule has 3 saturated heterocycles. The van der Waals surface area contributed by atoms with Crippen molar-refractivity contribution in [2.75, 3.05) is 38.2 Å². The van der Waals surface area contributed by atoms with E-state index in [1.807, 2.05) is 0 Å². The van der Waals surface area contributed by atoms with Crippen LogP contribution in [0.2, 0.25) is 5.02 Å². The number of aliphatic hydroxyl groups excluding tert-OH is 1. The summed E-state index contributed by atoms with van der Waals surface area (Å²) < 4.78 is -0.746. The van der Waals surface area contributed by atoms with Crippen LogP contribution >= 0.6 is 39.3 Å². The zero-order valence-corrected chi connectivity index (χ0v) is 23.3. The van der Waals surface area contributed by atoms with Gasteiger partial charge in [-0.15, -0.1) is 24.9 Å². The van der Waals surface area contributed by atoms with Crippen molar-refractivity contribution >= 4 is 62.7 Å². The molecule has 1 N–H and O–H groups in total. The van der Waals surface area contributed by atoms with Gasteiger partial charge in [-0.25, -0.2) is 0 Å². The third-order valence-electron chi connectivity index (χ3n) is 7.36. The number of nitrogens with zero attached hydrogens (tertiary/aromatic N) is 3. The summed E-state index contributed by atoms with van der Waals surface area (Å²) in [5.74, 6) is -1.65. The molecule has 3 heterocycles. The van der Waals surface area contributed by atoms with Gasteiger partial charge in [0.05, 0.1) is 16.6 Å². The first kappa shape index (κ1) is 27.2. The van der Waals surface area contributed by atoms with Gasteiger partial charge in [-0.1, -0.05) is 39.7 Å². The highest BCUT2D eigenvalue weighted by Crippen LogP contribution is 2.68. The summed E-state index contributed by atoms with van der Waals surface area (Å²) in [6, 6.07) is 6.22. The Hall–Kier alpha value is -1.81. The van der Waals surface area contributed by atoms with E-state index >= 15 is 0 Å². The van der Waals surface area contributed by atoms with Crippen molar-refractivity contribution in [3.63, 3.8) is 0 Å². The van der Waals surface area contributed by atoms with Gasteiger partial charge in [0.25, 0.3) is 5.91 Å². The quantitative estimate of drug-likeness (QED) is 0.331. The van der Waals surface area contributed by atoms with Crippen LogP contribution in [0.25, 0.3) is 0 Å². The van der Waals surface area contributed by atoms with Crippen LogP contribution < -0.4 is 4.90 Å². The van der Waals surface area contributed by atoms with E-state index in [1.54, 1.807) is 69.9 Å². The van der Waals surface area contributed by atoms with Gasteiger partial charge >= 0.3 is 0 Å². The van der Waals surface area contributed by atoms with Crippen molar-refractivity contribution in [3.8, 4) is 0 Å². The molecule has 0 saturated carbocycles. The molecule has 3 amide bonds. The second-order valence-electron chi connectivity index (χ2n) is 9.49. The highest BCUT2D eigenvalue weighted by atomic mass is 79.9. The summed E-state index contributed by atoms with van der Waals surface area (Å²) in [5.41, 5.74) is 0.657. The third kappa shape index (κ3) is 4.42. The molecule has 3 aliphatic rings. The minimum absolute atomic E-state index is 0.00545. The second-order valence-corrected chi connectivity index (χ2v) is 12.6. The third-order valence-corrected chi connectivity index (χ3v) is 10.8. The van der Waals surface area contributed by atoms with Crippen molar-refractivity contribution in [3.05, 3.63) is 54.6 Å². The number of benzene rings is 1. The minimum Gasteiger partial charge on any atom is -0.396 e. The van der Waals surface area contributed by atoms with Gasteiger partial charge < -0.3 is 19.8 Å². The van der Waals surface area contributed by atoms with E-state index in [9.17, 15) is 19.5 Å². The second kappa shape index (κ2) is 10.9. The van der Waals surface area contributed by atoms with E-state index in [2.05, 4.69) is 29.1 Å². The Morgan fingerprint density at radius 1 is 1.25 bits per heavy atom. The number of carbonyl (C=O) groups excluding carboxylic acids is 3. The summed E-state index contributed by atoms with van der Waals surface area (Å²) >= 11 is 11.5.